The number of benzene rings is 1. The molecule has 5 heteroatoms. The van der Waals surface area contributed by atoms with E-state index >= 15 is 0 Å². The van der Waals surface area contributed by atoms with Gasteiger partial charge in [-0.25, -0.2) is 0 Å². The Morgan fingerprint density at radius 1 is 1.31 bits per heavy atom. The van der Waals surface area contributed by atoms with Crippen LogP contribution < -0.4 is 0 Å². The molecule has 0 spiro atoms. The highest BCUT2D eigenvalue weighted by Gasteiger charge is 2.30. The van der Waals surface area contributed by atoms with Gasteiger partial charge < -0.3 is 19.7 Å². The van der Waals surface area contributed by atoms with Gasteiger partial charge in [-0.2, -0.15) is 0 Å². The van der Waals surface area contributed by atoms with Crippen molar-refractivity contribution in [2.24, 2.45) is 0 Å². The lowest BCUT2D eigenvalue weighted by Gasteiger charge is -2.33. The Kier molecular flexibility index (Phi) is 4.15. The van der Waals surface area contributed by atoms with Crippen LogP contribution in [0.3, 0.4) is 0 Å². The first-order valence-corrected chi connectivity index (χ1v) is 6.10. The maximum Gasteiger partial charge on any atom is 0.183 e. The maximum atomic E-state index is 9.37. The van der Waals surface area contributed by atoms with Crippen molar-refractivity contribution >= 4 is 22.6 Å². The molecule has 3 atom stereocenters. The summed E-state index contributed by atoms with van der Waals surface area (Å²) in [7, 11) is 0. The highest BCUT2D eigenvalue weighted by molar-refractivity contribution is 14.1. The first kappa shape index (κ1) is 12.3. The Morgan fingerprint density at radius 3 is 2.62 bits per heavy atom. The van der Waals surface area contributed by atoms with Crippen molar-refractivity contribution in [3.05, 3.63) is 33.4 Å². The Labute approximate surface area is 107 Å². The number of aliphatic hydroxyl groups is 2. The first-order chi connectivity index (χ1) is 7.70. The normalized spacial score (nSPS) is 30.3. The number of hydrogen-bond donors (Lipinski definition) is 2. The summed E-state index contributed by atoms with van der Waals surface area (Å²) < 4.78 is 11.8. The zero-order chi connectivity index (χ0) is 11.5. The van der Waals surface area contributed by atoms with Crippen molar-refractivity contribution in [1.82, 2.24) is 0 Å². The van der Waals surface area contributed by atoms with Gasteiger partial charge in [0.2, 0.25) is 0 Å². The second kappa shape index (κ2) is 5.42. The number of ether oxygens (including phenoxy) is 2. The van der Waals surface area contributed by atoms with Crippen molar-refractivity contribution in [1.29, 1.82) is 0 Å². The van der Waals surface area contributed by atoms with Crippen LogP contribution in [0.25, 0.3) is 0 Å². The Bertz CT molecular complexity index is 340. The van der Waals surface area contributed by atoms with Crippen LogP contribution in [0.1, 0.15) is 11.7 Å². The lowest BCUT2D eigenvalue weighted by Crippen LogP contribution is -2.42. The lowest BCUT2D eigenvalue weighted by molar-refractivity contribution is -0.261. The molecule has 16 heavy (non-hydrogen) atoms. The number of halogens is 1. The van der Waals surface area contributed by atoms with E-state index in [0.717, 1.165) is 9.13 Å². The van der Waals surface area contributed by atoms with Crippen LogP contribution in [0.5, 0.6) is 0 Å². The fourth-order valence-corrected chi connectivity index (χ4v) is 1.96. The molecule has 1 aliphatic rings. The zero-order valence-corrected chi connectivity index (χ0v) is 10.7. The molecule has 0 aromatic heterocycles. The summed E-state index contributed by atoms with van der Waals surface area (Å²) in [4.78, 5) is 0. The summed E-state index contributed by atoms with van der Waals surface area (Å²) in [6.07, 6.45) is -1.93. The summed E-state index contributed by atoms with van der Waals surface area (Å²) in [5.41, 5.74) is 0.991. The molecule has 0 aliphatic carbocycles. The largest absolute Gasteiger partial charge is 0.393 e. The van der Waals surface area contributed by atoms with Gasteiger partial charge in [-0.1, -0.05) is 12.1 Å². The van der Waals surface area contributed by atoms with E-state index in [1.165, 1.54) is 0 Å². The SMILES string of the molecule is OC[C@H]1O[C@H](c2ccc(I)cc2)COC1O. The van der Waals surface area contributed by atoms with E-state index in [1.54, 1.807) is 0 Å². The molecule has 1 heterocycles. The Balaban J connectivity index is 2.08. The van der Waals surface area contributed by atoms with Gasteiger partial charge in [0.1, 0.15) is 12.2 Å². The van der Waals surface area contributed by atoms with Gasteiger partial charge in [0.05, 0.1) is 13.2 Å². The van der Waals surface area contributed by atoms with Crippen LogP contribution in [0.4, 0.5) is 0 Å². The first-order valence-electron chi connectivity index (χ1n) is 5.02. The fraction of sp³-hybridized carbons (Fsp3) is 0.455. The maximum absolute atomic E-state index is 9.37. The molecule has 1 saturated heterocycles. The zero-order valence-electron chi connectivity index (χ0n) is 8.54. The van der Waals surface area contributed by atoms with E-state index in [0.29, 0.717) is 6.61 Å². The molecule has 1 aromatic carbocycles. The number of aliphatic hydroxyl groups excluding tert-OH is 2. The Morgan fingerprint density at radius 2 is 2.00 bits per heavy atom. The molecule has 4 nitrogen and oxygen atoms in total. The summed E-state index contributed by atoms with van der Waals surface area (Å²) in [6, 6.07) is 7.89. The minimum atomic E-state index is -1.04. The molecule has 2 N–H and O–H groups in total. The highest BCUT2D eigenvalue weighted by atomic mass is 127. The minimum absolute atomic E-state index is 0.224. The van der Waals surface area contributed by atoms with Gasteiger partial charge in [-0.15, -0.1) is 0 Å². The van der Waals surface area contributed by atoms with E-state index in [4.69, 9.17) is 14.6 Å². The molecule has 0 radical (unpaired) electrons. The smallest absolute Gasteiger partial charge is 0.183 e. The third-order valence-corrected chi connectivity index (χ3v) is 3.22. The van der Waals surface area contributed by atoms with E-state index in [9.17, 15) is 5.11 Å². The average molecular weight is 336 g/mol. The topological polar surface area (TPSA) is 58.9 Å². The number of hydrogen-bond acceptors (Lipinski definition) is 4. The van der Waals surface area contributed by atoms with Crippen LogP contribution in [-0.2, 0) is 9.47 Å². The van der Waals surface area contributed by atoms with E-state index in [-0.39, 0.29) is 12.7 Å². The predicted octanol–water partition coefficient (Wildman–Crippen LogP) is 1.06. The number of rotatable bonds is 2. The van der Waals surface area contributed by atoms with Gasteiger partial charge in [0, 0.05) is 3.57 Å². The minimum Gasteiger partial charge on any atom is -0.393 e. The van der Waals surface area contributed by atoms with Gasteiger partial charge >= 0.3 is 0 Å². The van der Waals surface area contributed by atoms with Gasteiger partial charge in [-0.3, -0.25) is 0 Å². The van der Waals surface area contributed by atoms with Crippen LogP contribution in [0, 0.1) is 3.57 Å². The second-order valence-electron chi connectivity index (χ2n) is 3.62. The monoisotopic (exact) mass is 336 g/mol. The fourth-order valence-electron chi connectivity index (χ4n) is 1.60. The molecular formula is C11H13IO4. The molecule has 88 valence electrons. The van der Waals surface area contributed by atoms with Crippen LogP contribution in [-0.4, -0.2) is 35.8 Å². The highest BCUT2D eigenvalue weighted by Crippen LogP contribution is 2.26. The third kappa shape index (κ3) is 2.72. The van der Waals surface area contributed by atoms with E-state index in [2.05, 4.69) is 22.6 Å². The summed E-state index contributed by atoms with van der Waals surface area (Å²) in [6.45, 7) is 0.0558. The van der Waals surface area contributed by atoms with Crippen molar-refractivity contribution in [3.63, 3.8) is 0 Å². The Hall–Kier alpha value is -0.210. The predicted molar refractivity (Wildman–Crippen MR) is 65.8 cm³/mol. The molecular weight excluding hydrogens is 323 g/mol. The standard InChI is InChI=1S/C11H13IO4/c12-8-3-1-7(2-4-8)10-6-15-11(14)9(5-13)16-10/h1-4,9-11,13-14H,5-6H2/t9-,10+,11?/m1/s1. The van der Waals surface area contributed by atoms with Crippen molar-refractivity contribution < 1.29 is 19.7 Å². The van der Waals surface area contributed by atoms with Crippen molar-refractivity contribution in [2.75, 3.05) is 13.2 Å². The van der Waals surface area contributed by atoms with E-state index in [1.807, 2.05) is 24.3 Å². The molecule has 1 aromatic rings. The molecule has 1 unspecified atom stereocenters. The molecule has 1 fully saturated rings. The van der Waals surface area contributed by atoms with E-state index < -0.39 is 12.4 Å². The summed E-state index contributed by atoms with van der Waals surface area (Å²) >= 11 is 2.23. The average Bonchev–Trinajstić information content (AvgIpc) is 2.31. The van der Waals surface area contributed by atoms with Crippen LogP contribution in [0.15, 0.2) is 24.3 Å². The van der Waals surface area contributed by atoms with Gasteiger partial charge in [0.25, 0.3) is 0 Å². The summed E-state index contributed by atoms with van der Waals surface area (Å²) in [5.74, 6) is 0. The lowest BCUT2D eigenvalue weighted by atomic mass is 10.1. The van der Waals surface area contributed by atoms with Gasteiger partial charge in [-0.05, 0) is 40.3 Å². The second-order valence-corrected chi connectivity index (χ2v) is 4.87. The summed E-state index contributed by atoms with van der Waals surface area (Å²) in [5, 5.41) is 18.4. The molecule has 0 saturated carbocycles. The van der Waals surface area contributed by atoms with Crippen molar-refractivity contribution in [3.8, 4) is 0 Å². The van der Waals surface area contributed by atoms with Crippen molar-refractivity contribution in [2.45, 2.75) is 18.5 Å². The third-order valence-electron chi connectivity index (χ3n) is 2.50. The quantitative estimate of drug-likeness (QED) is 0.793. The molecule has 1 aliphatic heterocycles. The van der Waals surface area contributed by atoms with Gasteiger partial charge in [0.15, 0.2) is 6.29 Å². The molecule has 2 rings (SSSR count). The van der Waals surface area contributed by atoms with Crippen LogP contribution in [0.2, 0.25) is 0 Å². The molecule has 0 bridgehead atoms. The van der Waals surface area contributed by atoms with Crippen LogP contribution >= 0.6 is 22.6 Å². The molecule has 0 amide bonds.